The number of anilines is 2. The summed E-state index contributed by atoms with van der Waals surface area (Å²) in [6.45, 7) is 1.89. The number of ether oxygens (including phenoxy) is 2. The molecule has 0 aliphatic carbocycles. The Morgan fingerprint density at radius 3 is 2.73 bits per heavy atom. The van der Waals surface area contributed by atoms with E-state index in [-0.39, 0.29) is 24.7 Å². The van der Waals surface area contributed by atoms with Crippen molar-refractivity contribution in [2.45, 2.75) is 31.6 Å². The van der Waals surface area contributed by atoms with Crippen molar-refractivity contribution >= 4 is 29.0 Å². The van der Waals surface area contributed by atoms with Gasteiger partial charge in [-0.1, -0.05) is 23.7 Å². The predicted octanol–water partition coefficient (Wildman–Crippen LogP) is 5.49. The highest BCUT2D eigenvalue weighted by atomic mass is 35.5. The van der Waals surface area contributed by atoms with Crippen LogP contribution in [0.15, 0.2) is 42.5 Å². The van der Waals surface area contributed by atoms with Crippen molar-refractivity contribution in [1.82, 2.24) is 9.78 Å². The average molecular weight is 479 g/mol. The van der Waals surface area contributed by atoms with Gasteiger partial charge in [0.1, 0.15) is 5.82 Å². The highest BCUT2D eigenvalue weighted by molar-refractivity contribution is 6.31. The molecule has 2 aliphatic rings. The van der Waals surface area contributed by atoms with Gasteiger partial charge in [0.15, 0.2) is 23.2 Å². The normalized spacial score (nSPS) is 19.1. The minimum absolute atomic E-state index is 0.0689. The lowest BCUT2D eigenvalue weighted by Gasteiger charge is -2.33. The number of nitrogens with one attached hydrogen (secondary N) is 2. The van der Waals surface area contributed by atoms with Gasteiger partial charge in [-0.25, -0.2) is 4.68 Å². The number of hydrogen-bond donors (Lipinski definition) is 2. The molecule has 3 heterocycles. The zero-order valence-electron chi connectivity index (χ0n) is 17.2. The number of fused-ring (bicyclic) bond motifs is 2. The maximum Gasteiger partial charge on any atom is 0.410 e. The number of benzene rings is 2. The topological polar surface area (TPSA) is 77.4 Å². The molecule has 33 heavy (non-hydrogen) atoms. The van der Waals surface area contributed by atoms with Gasteiger partial charge in [-0.15, -0.1) is 0 Å². The summed E-state index contributed by atoms with van der Waals surface area (Å²) >= 11 is 6.08. The summed E-state index contributed by atoms with van der Waals surface area (Å²) in [5.41, 5.74) is 1.72. The third-order valence-corrected chi connectivity index (χ3v) is 6.06. The molecule has 1 aromatic heterocycles. The van der Waals surface area contributed by atoms with Gasteiger partial charge in [0.25, 0.3) is 5.91 Å². The molecular formula is C22H18ClF3N4O3. The second-order valence-electron chi connectivity index (χ2n) is 7.88. The fraction of sp³-hybridized carbons (Fsp3) is 0.273. The maximum absolute atomic E-state index is 13.9. The third-order valence-electron chi connectivity index (χ3n) is 5.65. The fourth-order valence-corrected chi connectivity index (χ4v) is 4.08. The van der Waals surface area contributed by atoms with Crippen molar-refractivity contribution in [3.63, 3.8) is 0 Å². The molecule has 0 fully saturated rings. The Labute approximate surface area is 191 Å². The first-order chi connectivity index (χ1) is 15.7. The Morgan fingerprint density at radius 2 is 1.97 bits per heavy atom. The van der Waals surface area contributed by atoms with Crippen LogP contribution in [0.3, 0.4) is 0 Å². The summed E-state index contributed by atoms with van der Waals surface area (Å²) in [5, 5.41) is 10.1. The number of hydrogen-bond acceptors (Lipinski definition) is 5. The molecule has 11 heteroatoms. The number of carbonyl (C=O) groups excluding carboxylic acids is 1. The second-order valence-corrected chi connectivity index (χ2v) is 8.29. The van der Waals surface area contributed by atoms with Crippen molar-refractivity contribution < 1.29 is 27.4 Å². The molecule has 7 nitrogen and oxygen atoms in total. The first-order valence-electron chi connectivity index (χ1n) is 10.1. The van der Waals surface area contributed by atoms with E-state index in [9.17, 15) is 18.0 Å². The van der Waals surface area contributed by atoms with Crippen LogP contribution < -0.4 is 20.1 Å². The van der Waals surface area contributed by atoms with E-state index in [0.717, 1.165) is 10.2 Å². The summed E-state index contributed by atoms with van der Waals surface area (Å²) < 4.78 is 53.2. The Kier molecular flexibility index (Phi) is 5.12. The predicted molar refractivity (Wildman–Crippen MR) is 115 cm³/mol. The number of rotatable bonds is 3. The van der Waals surface area contributed by atoms with Crippen LogP contribution in [0.5, 0.6) is 11.5 Å². The first-order valence-corrected chi connectivity index (χ1v) is 10.5. The molecule has 0 spiro atoms. The molecule has 2 N–H and O–H groups in total. The van der Waals surface area contributed by atoms with E-state index >= 15 is 0 Å². The molecule has 0 saturated heterocycles. The Morgan fingerprint density at radius 1 is 1.18 bits per heavy atom. The van der Waals surface area contributed by atoms with Crippen molar-refractivity contribution in [2.75, 3.05) is 17.4 Å². The standard InChI is InChI=1S/C22H18ClF3N4O3/c1-11-2-4-13(7-14(11)23)27-21(31)16-9-20-28-15(8-19(22(24,25)26)30(20)29-16)12-3-5-17-18(6-12)33-10-32-17/h2-7,9,15,19,28H,8,10H2,1H3,(H,27,31)/t15-,19-/m0/s1. The van der Waals surface area contributed by atoms with Crippen LogP contribution in [0.4, 0.5) is 24.7 Å². The van der Waals surface area contributed by atoms with Gasteiger partial charge in [-0.2, -0.15) is 18.3 Å². The van der Waals surface area contributed by atoms with Crippen molar-refractivity contribution in [3.8, 4) is 11.5 Å². The molecule has 1 amide bonds. The minimum Gasteiger partial charge on any atom is -0.454 e. The van der Waals surface area contributed by atoms with Gasteiger partial charge >= 0.3 is 6.18 Å². The fourth-order valence-electron chi connectivity index (χ4n) is 3.90. The number of nitrogens with zero attached hydrogens (tertiary/aromatic N) is 2. The first kappa shape index (κ1) is 21.4. The number of carbonyl (C=O) groups is 1. The monoisotopic (exact) mass is 478 g/mol. The molecule has 2 aliphatic heterocycles. The van der Waals surface area contributed by atoms with Gasteiger partial charge in [-0.3, -0.25) is 4.79 Å². The molecular weight excluding hydrogens is 461 g/mol. The van der Waals surface area contributed by atoms with Gasteiger partial charge in [0.2, 0.25) is 6.79 Å². The van der Waals surface area contributed by atoms with E-state index in [1.807, 2.05) is 6.92 Å². The van der Waals surface area contributed by atoms with E-state index in [1.165, 1.54) is 6.07 Å². The van der Waals surface area contributed by atoms with Crippen LogP contribution >= 0.6 is 11.6 Å². The van der Waals surface area contributed by atoms with Crippen molar-refractivity contribution in [2.24, 2.45) is 0 Å². The average Bonchev–Trinajstić information content (AvgIpc) is 3.41. The SMILES string of the molecule is Cc1ccc(NC(=O)c2cc3n(n2)[C@H](C(F)(F)F)C[C@@H](c2ccc4c(c2)OCO4)N3)cc1Cl. The van der Waals surface area contributed by atoms with Gasteiger partial charge < -0.3 is 20.1 Å². The minimum atomic E-state index is -4.56. The number of aromatic nitrogens is 2. The number of halogens is 4. The highest BCUT2D eigenvalue weighted by Gasteiger charge is 2.47. The number of aryl methyl sites for hydroxylation is 1. The van der Waals surface area contributed by atoms with Crippen LogP contribution in [0, 0.1) is 6.92 Å². The lowest BCUT2D eigenvalue weighted by Crippen LogP contribution is -2.35. The van der Waals surface area contributed by atoms with Gasteiger partial charge in [0.05, 0.1) is 6.04 Å². The largest absolute Gasteiger partial charge is 0.454 e. The van der Waals surface area contributed by atoms with E-state index in [0.29, 0.717) is 27.8 Å². The summed E-state index contributed by atoms with van der Waals surface area (Å²) in [6.07, 6.45) is -4.86. The smallest absolute Gasteiger partial charge is 0.410 e. The highest BCUT2D eigenvalue weighted by Crippen LogP contribution is 2.45. The molecule has 0 unspecified atom stereocenters. The van der Waals surface area contributed by atoms with Crippen LogP contribution in [-0.4, -0.2) is 28.7 Å². The molecule has 3 aromatic rings. The van der Waals surface area contributed by atoms with Crippen LogP contribution in [0.25, 0.3) is 0 Å². The zero-order chi connectivity index (χ0) is 23.3. The molecule has 0 saturated carbocycles. The van der Waals surface area contributed by atoms with Gasteiger partial charge in [-0.05, 0) is 42.3 Å². The summed E-state index contributed by atoms with van der Waals surface area (Å²) in [5.74, 6) is 0.480. The third kappa shape index (κ3) is 4.06. The van der Waals surface area contributed by atoms with Crippen LogP contribution in [-0.2, 0) is 0 Å². The number of alkyl halides is 3. The summed E-state index contributed by atoms with van der Waals surface area (Å²) in [7, 11) is 0. The summed E-state index contributed by atoms with van der Waals surface area (Å²) in [4.78, 5) is 12.7. The Balaban J connectivity index is 1.44. The maximum atomic E-state index is 13.9. The lowest BCUT2D eigenvalue weighted by molar-refractivity contribution is -0.173. The van der Waals surface area contributed by atoms with E-state index in [4.69, 9.17) is 21.1 Å². The van der Waals surface area contributed by atoms with Crippen molar-refractivity contribution in [1.29, 1.82) is 0 Å². The van der Waals surface area contributed by atoms with Crippen LogP contribution in [0.1, 0.15) is 40.1 Å². The molecule has 0 bridgehead atoms. The van der Waals surface area contributed by atoms with Crippen molar-refractivity contribution in [3.05, 3.63) is 64.3 Å². The molecule has 2 atom stereocenters. The van der Waals surface area contributed by atoms with E-state index in [2.05, 4.69) is 15.7 Å². The van der Waals surface area contributed by atoms with Crippen LogP contribution in [0.2, 0.25) is 5.02 Å². The number of amides is 1. The molecule has 5 rings (SSSR count). The molecule has 2 aromatic carbocycles. The second kappa shape index (κ2) is 7.87. The quantitative estimate of drug-likeness (QED) is 0.521. The Bertz CT molecular complexity index is 1240. The summed E-state index contributed by atoms with van der Waals surface area (Å²) in [6, 6.07) is 8.71. The Hall–Kier alpha value is -3.40. The molecule has 0 radical (unpaired) electrons. The zero-order valence-corrected chi connectivity index (χ0v) is 18.0. The van der Waals surface area contributed by atoms with E-state index in [1.54, 1.807) is 36.4 Å². The lowest BCUT2D eigenvalue weighted by atomic mass is 9.96. The van der Waals surface area contributed by atoms with Gasteiger partial charge in [0, 0.05) is 23.2 Å². The van der Waals surface area contributed by atoms with E-state index < -0.39 is 24.2 Å². The molecule has 172 valence electrons.